The highest BCUT2D eigenvalue weighted by atomic mass is 127. The molecule has 0 radical (unpaired) electrons. The van der Waals surface area contributed by atoms with Gasteiger partial charge in [0.25, 0.3) is 0 Å². The number of nitrogens with two attached hydrogens (primary N) is 1. The average Bonchev–Trinajstić information content (AvgIpc) is 2.52. The van der Waals surface area contributed by atoms with Gasteiger partial charge >= 0.3 is 6.09 Å². The summed E-state index contributed by atoms with van der Waals surface area (Å²) in [6, 6.07) is 0. The van der Waals surface area contributed by atoms with Crippen molar-refractivity contribution in [3.05, 3.63) is 0 Å². The van der Waals surface area contributed by atoms with E-state index in [9.17, 15) is 4.79 Å². The first-order valence-corrected chi connectivity index (χ1v) is 9.02. The molecule has 0 atom stereocenters. The van der Waals surface area contributed by atoms with Crippen molar-refractivity contribution < 1.29 is 9.53 Å². The van der Waals surface area contributed by atoms with E-state index in [4.69, 9.17) is 10.5 Å². The largest absolute Gasteiger partial charge is 0.444 e. The Hall–Kier alpha value is -0.770. The summed E-state index contributed by atoms with van der Waals surface area (Å²) in [4.78, 5) is 22.7. The van der Waals surface area contributed by atoms with Gasteiger partial charge < -0.3 is 25.2 Å². The lowest BCUT2D eigenvalue weighted by Gasteiger charge is -2.36. The molecule has 0 unspecified atom stereocenters. The van der Waals surface area contributed by atoms with Gasteiger partial charge in [0.05, 0.1) is 6.54 Å². The first-order valence-electron chi connectivity index (χ1n) is 9.02. The minimum absolute atomic E-state index is 0. The quantitative estimate of drug-likeness (QED) is 0.367. The molecule has 8 heteroatoms. The van der Waals surface area contributed by atoms with E-state index in [2.05, 4.69) is 23.7 Å². The van der Waals surface area contributed by atoms with E-state index in [-0.39, 0.29) is 30.1 Å². The van der Waals surface area contributed by atoms with E-state index in [1.807, 2.05) is 25.7 Å². The van der Waals surface area contributed by atoms with Crippen molar-refractivity contribution in [2.24, 2.45) is 10.7 Å². The molecule has 2 N–H and O–H groups in total. The number of rotatable bonds is 6. The van der Waals surface area contributed by atoms with E-state index in [0.29, 0.717) is 38.7 Å². The number of carbonyl (C=O) groups is 1. The summed E-state index contributed by atoms with van der Waals surface area (Å²) in [5.41, 5.74) is 5.64. The van der Waals surface area contributed by atoms with E-state index < -0.39 is 5.60 Å². The Balaban J connectivity index is 0.00000576. The number of hydrogen-bond donors (Lipinski definition) is 1. The normalized spacial score (nSPS) is 16.0. The third kappa shape index (κ3) is 9.48. The van der Waals surface area contributed by atoms with Gasteiger partial charge in [0, 0.05) is 32.7 Å². The number of ether oxygens (including phenoxy) is 1. The summed E-state index contributed by atoms with van der Waals surface area (Å²) in [5, 5.41) is 0. The van der Waals surface area contributed by atoms with Crippen molar-refractivity contribution in [2.75, 3.05) is 52.4 Å². The number of guanidine groups is 1. The number of likely N-dealkylation sites (N-methyl/N-ethyl adjacent to an activating group) is 1. The van der Waals surface area contributed by atoms with Crippen LogP contribution in [0.2, 0.25) is 0 Å². The van der Waals surface area contributed by atoms with Crippen LogP contribution in [0.1, 0.15) is 41.0 Å². The highest BCUT2D eigenvalue weighted by molar-refractivity contribution is 14.0. The lowest BCUT2D eigenvalue weighted by molar-refractivity contribution is 0.0186. The van der Waals surface area contributed by atoms with Crippen LogP contribution in [0, 0.1) is 0 Å². The second kappa shape index (κ2) is 11.8. The minimum Gasteiger partial charge on any atom is -0.444 e. The van der Waals surface area contributed by atoms with Crippen LogP contribution >= 0.6 is 24.0 Å². The Morgan fingerprint density at radius 2 is 1.68 bits per heavy atom. The van der Waals surface area contributed by atoms with Crippen LogP contribution in [-0.4, -0.2) is 84.7 Å². The van der Waals surface area contributed by atoms with Crippen molar-refractivity contribution in [3.8, 4) is 0 Å². The average molecular weight is 469 g/mol. The van der Waals surface area contributed by atoms with Crippen LogP contribution in [0.25, 0.3) is 0 Å². The summed E-state index contributed by atoms with van der Waals surface area (Å²) in [6.45, 7) is 16.4. The first-order chi connectivity index (χ1) is 11.3. The Kier molecular flexibility index (Phi) is 11.4. The number of aliphatic imine (C=N–C) groups is 1. The van der Waals surface area contributed by atoms with Crippen molar-refractivity contribution in [2.45, 2.75) is 46.6 Å². The molecule has 0 aliphatic carbocycles. The third-order valence-electron chi connectivity index (χ3n) is 3.93. The maximum absolute atomic E-state index is 12.1. The second-order valence-corrected chi connectivity index (χ2v) is 7.13. The monoisotopic (exact) mass is 469 g/mol. The Labute approximate surface area is 170 Å². The molecule has 1 aliphatic rings. The van der Waals surface area contributed by atoms with Crippen LogP contribution in [0.4, 0.5) is 4.79 Å². The summed E-state index contributed by atoms with van der Waals surface area (Å²) < 4.78 is 5.40. The van der Waals surface area contributed by atoms with E-state index >= 15 is 0 Å². The topological polar surface area (TPSA) is 74.4 Å². The molecule has 7 nitrogen and oxygen atoms in total. The SMILES string of the molecule is CCCN(CC)CCN=C(N)N1CCN(C(=O)OC(C)(C)C)CC1.I. The maximum Gasteiger partial charge on any atom is 0.410 e. The van der Waals surface area contributed by atoms with Crippen molar-refractivity contribution in [1.29, 1.82) is 0 Å². The third-order valence-corrected chi connectivity index (χ3v) is 3.93. The molecule has 0 saturated carbocycles. The zero-order valence-corrected chi connectivity index (χ0v) is 18.8. The smallest absolute Gasteiger partial charge is 0.410 e. The fourth-order valence-electron chi connectivity index (χ4n) is 2.59. The Morgan fingerprint density at radius 3 is 2.16 bits per heavy atom. The molecule has 148 valence electrons. The number of carbonyl (C=O) groups excluding carboxylic acids is 1. The van der Waals surface area contributed by atoms with E-state index in [1.165, 1.54) is 0 Å². The van der Waals surface area contributed by atoms with Crippen LogP contribution in [0.5, 0.6) is 0 Å². The van der Waals surface area contributed by atoms with Gasteiger partial charge in [-0.3, -0.25) is 4.99 Å². The maximum atomic E-state index is 12.1. The Bertz CT molecular complexity index is 418. The molecular weight excluding hydrogens is 433 g/mol. The van der Waals surface area contributed by atoms with Gasteiger partial charge in [0.1, 0.15) is 5.60 Å². The number of amides is 1. The number of halogens is 1. The number of piperazine rings is 1. The van der Waals surface area contributed by atoms with Gasteiger partial charge in [-0.05, 0) is 40.3 Å². The number of hydrogen-bond acceptors (Lipinski definition) is 4. The predicted molar refractivity (Wildman–Crippen MR) is 114 cm³/mol. The first kappa shape index (κ1) is 24.2. The minimum atomic E-state index is -0.460. The summed E-state index contributed by atoms with van der Waals surface area (Å²) in [6.07, 6.45) is 0.899. The molecule has 0 aromatic heterocycles. The molecular formula is C17H36IN5O2. The molecule has 0 aromatic carbocycles. The molecule has 1 fully saturated rings. The lowest BCUT2D eigenvalue weighted by Crippen LogP contribution is -2.53. The highest BCUT2D eigenvalue weighted by Gasteiger charge is 2.26. The molecule has 1 rings (SSSR count). The fourth-order valence-corrected chi connectivity index (χ4v) is 2.59. The van der Waals surface area contributed by atoms with Gasteiger partial charge in [-0.1, -0.05) is 13.8 Å². The summed E-state index contributed by atoms with van der Waals surface area (Å²) in [5.74, 6) is 0.575. The summed E-state index contributed by atoms with van der Waals surface area (Å²) in [7, 11) is 0. The van der Waals surface area contributed by atoms with Crippen LogP contribution in [0.15, 0.2) is 4.99 Å². The van der Waals surface area contributed by atoms with E-state index in [0.717, 1.165) is 26.1 Å². The summed E-state index contributed by atoms with van der Waals surface area (Å²) >= 11 is 0. The molecule has 0 bridgehead atoms. The number of nitrogens with zero attached hydrogens (tertiary/aromatic N) is 4. The zero-order valence-electron chi connectivity index (χ0n) is 16.5. The molecule has 1 saturated heterocycles. The predicted octanol–water partition coefficient (Wildman–Crippen LogP) is 2.20. The molecule has 0 aromatic rings. The Morgan fingerprint density at radius 1 is 1.12 bits per heavy atom. The molecule has 1 heterocycles. The molecule has 1 aliphatic heterocycles. The second-order valence-electron chi connectivity index (χ2n) is 7.13. The van der Waals surface area contributed by atoms with Crippen molar-refractivity contribution >= 4 is 36.0 Å². The van der Waals surface area contributed by atoms with Crippen LogP contribution in [-0.2, 0) is 4.74 Å². The van der Waals surface area contributed by atoms with Crippen molar-refractivity contribution in [1.82, 2.24) is 14.7 Å². The lowest BCUT2D eigenvalue weighted by atomic mass is 10.2. The zero-order chi connectivity index (χ0) is 18.2. The van der Waals surface area contributed by atoms with Gasteiger partial charge in [0.2, 0.25) is 0 Å². The van der Waals surface area contributed by atoms with Gasteiger partial charge in [-0.2, -0.15) is 0 Å². The van der Waals surface area contributed by atoms with Crippen LogP contribution in [0.3, 0.4) is 0 Å². The van der Waals surface area contributed by atoms with Crippen molar-refractivity contribution in [3.63, 3.8) is 0 Å². The van der Waals surface area contributed by atoms with Gasteiger partial charge in [0.15, 0.2) is 5.96 Å². The fraction of sp³-hybridized carbons (Fsp3) is 0.882. The molecule has 0 spiro atoms. The standard InChI is InChI=1S/C17H35N5O2.HI/c1-6-9-20(7-2)10-8-19-15(18)21-11-13-22(14-12-21)16(23)24-17(3,4)5;/h6-14H2,1-5H3,(H2,18,19);1H. The van der Waals surface area contributed by atoms with E-state index in [1.54, 1.807) is 4.90 Å². The van der Waals surface area contributed by atoms with Gasteiger partial charge in [-0.25, -0.2) is 4.79 Å². The van der Waals surface area contributed by atoms with Crippen LogP contribution < -0.4 is 5.73 Å². The molecule has 25 heavy (non-hydrogen) atoms. The highest BCUT2D eigenvalue weighted by Crippen LogP contribution is 2.11. The molecule has 1 amide bonds. The van der Waals surface area contributed by atoms with Gasteiger partial charge in [-0.15, -0.1) is 24.0 Å².